The van der Waals surface area contributed by atoms with E-state index in [0.29, 0.717) is 5.75 Å². The number of imide groups is 1. The molecule has 0 aromatic heterocycles. The van der Waals surface area contributed by atoms with Crippen molar-refractivity contribution in [2.24, 2.45) is 11.5 Å². The molecule has 86 valence electrons. The highest BCUT2D eigenvalue weighted by Crippen LogP contribution is 2.03. The Balaban J connectivity index is 3.50. The van der Waals surface area contributed by atoms with Crippen LogP contribution < -0.4 is 16.8 Å². The van der Waals surface area contributed by atoms with Crippen molar-refractivity contribution >= 4 is 29.7 Å². The van der Waals surface area contributed by atoms with Gasteiger partial charge in [0.25, 0.3) is 0 Å². The van der Waals surface area contributed by atoms with Crippen molar-refractivity contribution in [3.63, 3.8) is 0 Å². The number of aliphatic carboxylic acids is 1. The number of rotatable bonds is 6. The summed E-state index contributed by atoms with van der Waals surface area (Å²) in [5.74, 6) is -0.956. The van der Waals surface area contributed by atoms with E-state index in [2.05, 4.69) is 0 Å². The quantitative estimate of drug-likeness (QED) is 0.423. The summed E-state index contributed by atoms with van der Waals surface area (Å²) in [4.78, 5) is 31.4. The highest BCUT2D eigenvalue weighted by molar-refractivity contribution is 7.99. The smallest absolute Gasteiger partial charge is 0.321 e. The number of hydrogen-bond donors (Lipinski definition) is 4. The Morgan fingerprint density at radius 3 is 2.47 bits per heavy atom. The second-order valence-electron chi connectivity index (χ2n) is 2.68. The number of primary amides is 1. The number of amides is 3. The van der Waals surface area contributed by atoms with Gasteiger partial charge in [0.05, 0.1) is 0 Å². The van der Waals surface area contributed by atoms with Gasteiger partial charge in [-0.3, -0.25) is 14.9 Å². The number of urea groups is 1. The molecule has 0 saturated carbocycles. The number of hydrogen-bond acceptors (Lipinski definition) is 5. The van der Waals surface area contributed by atoms with Crippen LogP contribution in [0, 0.1) is 0 Å². The molecule has 7 nitrogen and oxygen atoms in total. The van der Waals surface area contributed by atoms with Crippen LogP contribution in [-0.2, 0) is 9.59 Å². The largest absolute Gasteiger partial charge is 0.480 e. The minimum Gasteiger partial charge on any atom is -0.480 e. The topological polar surface area (TPSA) is 136 Å². The van der Waals surface area contributed by atoms with Crippen molar-refractivity contribution in [2.75, 3.05) is 11.5 Å². The van der Waals surface area contributed by atoms with Gasteiger partial charge in [0.15, 0.2) is 0 Å². The summed E-state index contributed by atoms with van der Waals surface area (Å²) in [5.41, 5.74) is 9.93. The first-order valence-corrected chi connectivity index (χ1v) is 5.24. The van der Waals surface area contributed by atoms with Gasteiger partial charge in [0.2, 0.25) is 5.91 Å². The highest BCUT2D eigenvalue weighted by atomic mass is 32.2. The molecule has 0 radical (unpaired) electrons. The van der Waals surface area contributed by atoms with Gasteiger partial charge in [-0.25, -0.2) is 4.79 Å². The monoisotopic (exact) mass is 235 g/mol. The van der Waals surface area contributed by atoms with E-state index in [-0.39, 0.29) is 12.2 Å². The molecule has 0 spiro atoms. The van der Waals surface area contributed by atoms with Crippen LogP contribution in [0.4, 0.5) is 4.79 Å². The summed E-state index contributed by atoms with van der Waals surface area (Å²) in [6.45, 7) is 0. The van der Waals surface area contributed by atoms with Crippen molar-refractivity contribution < 1.29 is 19.5 Å². The summed E-state index contributed by atoms with van der Waals surface area (Å²) in [6.07, 6.45) is 0.0972. The first-order chi connectivity index (χ1) is 6.93. The molecule has 15 heavy (non-hydrogen) atoms. The molecule has 0 aliphatic heterocycles. The summed E-state index contributed by atoms with van der Waals surface area (Å²) >= 11 is 1.23. The average Bonchev–Trinajstić information content (AvgIpc) is 2.10. The molecule has 0 unspecified atom stereocenters. The van der Waals surface area contributed by atoms with Crippen molar-refractivity contribution in [2.45, 2.75) is 12.5 Å². The fourth-order valence-electron chi connectivity index (χ4n) is 0.646. The molecule has 0 heterocycles. The molecule has 3 amide bonds. The van der Waals surface area contributed by atoms with Gasteiger partial charge in [-0.2, -0.15) is 11.8 Å². The molecule has 0 aromatic rings. The highest BCUT2D eigenvalue weighted by Gasteiger charge is 2.11. The summed E-state index contributed by atoms with van der Waals surface area (Å²) in [5, 5.41) is 10.3. The SMILES string of the molecule is NC(=O)NC(=O)CCSC[C@H](N)C(=O)O. The van der Waals surface area contributed by atoms with E-state index in [1.165, 1.54) is 11.8 Å². The minimum atomic E-state index is -1.08. The number of nitrogens with two attached hydrogens (primary N) is 2. The van der Waals surface area contributed by atoms with Crippen LogP contribution in [0.1, 0.15) is 6.42 Å². The third kappa shape index (κ3) is 7.77. The molecule has 0 aliphatic rings. The van der Waals surface area contributed by atoms with Crippen LogP contribution in [0.15, 0.2) is 0 Å². The van der Waals surface area contributed by atoms with Gasteiger partial charge in [0.1, 0.15) is 6.04 Å². The molecule has 1 atom stereocenters. The first kappa shape index (κ1) is 13.7. The summed E-state index contributed by atoms with van der Waals surface area (Å²) in [6, 6.07) is -1.83. The lowest BCUT2D eigenvalue weighted by atomic mass is 10.4. The minimum absolute atomic E-state index is 0.0972. The first-order valence-electron chi connectivity index (χ1n) is 4.09. The zero-order chi connectivity index (χ0) is 11.8. The number of carboxylic acid groups (broad SMARTS) is 1. The summed E-state index contributed by atoms with van der Waals surface area (Å²) < 4.78 is 0. The Morgan fingerprint density at radius 2 is 2.00 bits per heavy atom. The van der Waals surface area contributed by atoms with E-state index < -0.39 is 23.9 Å². The number of carboxylic acids is 1. The molecular weight excluding hydrogens is 222 g/mol. The van der Waals surface area contributed by atoms with Crippen molar-refractivity contribution in [1.29, 1.82) is 0 Å². The normalized spacial score (nSPS) is 11.8. The van der Waals surface area contributed by atoms with Crippen LogP contribution in [0.25, 0.3) is 0 Å². The molecule has 0 aromatic carbocycles. The van der Waals surface area contributed by atoms with Crippen molar-refractivity contribution in [3.05, 3.63) is 0 Å². The zero-order valence-corrected chi connectivity index (χ0v) is 8.75. The fourth-order valence-corrected chi connectivity index (χ4v) is 1.54. The molecule has 0 rings (SSSR count). The van der Waals surface area contributed by atoms with Gasteiger partial charge in [-0.05, 0) is 0 Å². The number of carbonyl (C=O) groups is 3. The zero-order valence-electron chi connectivity index (χ0n) is 7.93. The van der Waals surface area contributed by atoms with Crippen molar-refractivity contribution in [1.82, 2.24) is 5.32 Å². The van der Waals surface area contributed by atoms with Gasteiger partial charge in [-0.15, -0.1) is 0 Å². The van der Waals surface area contributed by atoms with Gasteiger partial charge >= 0.3 is 12.0 Å². The molecule has 0 saturated heterocycles. The van der Waals surface area contributed by atoms with E-state index in [4.69, 9.17) is 16.6 Å². The molecule has 0 aliphatic carbocycles. The molecule has 0 bridgehead atoms. The second kappa shape index (κ2) is 7.07. The predicted molar refractivity (Wildman–Crippen MR) is 55.3 cm³/mol. The maximum absolute atomic E-state index is 10.9. The lowest BCUT2D eigenvalue weighted by molar-refractivity contribution is -0.137. The Hall–Kier alpha value is -1.28. The molecule has 6 N–H and O–H groups in total. The third-order valence-electron chi connectivity index (χ3n) is 1.35. The molecular formula is C7H13N3O4S. The van der Waals surface area contributed by atoms with Crippen LogP contribution in [0.3, 0.4) is 0 Å². The van der Waals surface area contributed by atoms with Gasteiger partial charge < -0.3 is 16.6 Å². The number of thioether (sulfide) groups is 1. The van der Waals surface area contributed by atoms with Gasteiger partial charge in [-0.1, -0.05) is 0 Å². The second-order valence-corrected chi connectivity index (χ2v) is 3.83. The molecule has 0 fully saturated rings. The van der Waals surface area contributed by atoms with E-state index in [1.807, 2.05) is 5.32 Å². The Morgan fingerprint density at radius 1 is 1.40 bits per heavy atom. The lowest BCUT2D eigenvalue weighted by Crippen LogP contribution is -2.35. The Bertz CT molecular complexity index is 259. The maximum atomic E-state index is 10.9. The maximum Gasteiger partial charge on any atom is 0.321 e. The van der Waals surface area contributed by atoms with Gasteiger partial charge in [0, 0.05) is 17.9 Å². The van der Waals surface area contributed by atoms with E-state index in [9.17, 15) is 14.4 Å². The van der Waals surface area contributed by atoms with Crippen LogP contribution in [0.5, 0.6) is 0 Å². The standard InChI is InChI=1S/C7H13N3O4S/c8-4(6(12)13)3-15-2-1-5(11)10-7(9)14/h4H,1-3,8H2,(H,12,13)(H3,9,10,11,14)/t4-/m0/s1. The van der Waals surface area contributed by atoms with Crippen molar-refractivity contribution in [3.8, 4) is 0 Å². The molecule has 8 heteroatoms. The van der Waals surface area contributed by atoms with Crippen LogP contribution in [-0.4, -0.2) is 40.6 Å². The summed E-state index contributed by atoms with van der Waals surface area (Å²) in [7, 11) is 0. The number of nitrogens with one attached hydrogen (secondary N) is 1. The van der Waals surface area contributed by atoms with Crippen LogP contribution in [0.2, 0.25) is 0 Å². The van der Waals surface area contributed by atoms with E-state index in [0.717, 1.165) is 0 Å². The Kier molecular flexibility index (Phi) is 6.47. The van der Waals surface area contributed by atoms with E-state index in [1.54, 1.807) is 0 Å². The van der Waals surface area contributed by atoms with E-state index >= 15 is 0 Å². The predicted octanol–water partition coefficient (Wildman–Crippen LogP) is -1.28. The lowest BCUT2D eigenvalue weighted by Gasteiger charge is -2.05. The average molecular weight is 235 g/mol. The Labute approximate surface area is 90.6 Å². The number of carbonyl (C=O) groups excluding carboxylic acids is 2. The fraction of sp³-hybridized carbons (Fsp3) is 0.571. The van der Waals surface area contributed by atoms with Crippen LogP contribution >= 0.6 is 11.8 Å². The third-order valence-corrected chi connectivity index (χ3v) is 2.44.